The zero-order chi connectivity index (χ0) is 12.4. The van der Waals surface area contributed by atoms with Gasteiger partial charge in [0, 0.05) is 12.7 Å². The van der Waals surface area contributed by atoms with Gasteiger partial charge >= 0.3 is 0 Å². The molecule has 0 bridgehead atoms. The molecule has 0 aromatic heterocycles. The van der Waals surface area contributed by atoms with Gasteiger partial charge in [0.05, 0.1) is 0 Å². The van der Waals surface area contributed by atoms with Crippen LogP contribution in [0.5, 0.6) is 0 Å². The Morgan fingerprint density at radius 2 is 1.31 bits per heavy atom. The molecule has 0 amide bonds. The van der Waals surface area contributed by atoms with Gasteiger partial charge in [0.15, 0.2) is 0 Å². The Labute approximate surface area is 113 Å². The third-order valence-electron chi connectivity index (χ3n) is 2.38. The molecule has 0 saturated heterocycles. The van der Waals surface area contributed by atoms with Gasteiger partial charge in [-0.3, -0.25) is 0 Å². The quantitative estimate of drug-likeness (QED) is 0.285. The van der Waals surface area contributed by atoms with E-state index < -0.39 is 8.07 Å². The highest BCUT2D eigenvalue weighted by Gasteiger charge is 2.20. The van der Waals surface area contributed by atoms with E-state index in [9.17, 15) is 0 Å². The number of unbranched alkanes of at least 4 members (excludes halogenated alkanes) is 2. The third-order valence-corrected chi connectivity index (χ3v) is 7.55. The standard InChI is InChI=1S/C13H30S2Si/c1-6-8-10-14-13(12-16(3,4)5)15-11-9-7-2/h13H,6-12H2,1-5H3. The summed E-state index contributed by atoms with van der Waals surface area (Å²) in [6.45, 7) is 12.1. The van der Waals surface area contributed by atoms with Crippen molar-refractivity contribution >= 4 is 31.6 Å². The number of hydrogen-bond acceptors (Lipinski definition) is 2. The van der Waals surface area contributed by atoms with E-state index in [1.807, 2.05) is 0 Å². The molecule has 0 rings (SSSR count). The first kappa shape index (κ1) is 16.9. The fourth-order valence-electron chi connectivity index (χ4n) is 1.38. The first-order valence-corrected chi connectivity index (χ1v) is 12.5. The summed E-state index contributed by atoms with van der Waals surface area (Å²) >= 11 is 4.44. The first-order chi connectivity index (χ1) is 7.49. The minimum atomic E-state index is -0.882. The molecule has 0 unspecified atom stereocenters. The summed E-state index contributed by atoms with van der Waals surface area (Å²) in [5.41, 5.74) is 0. The van der Waals surface area contributed by atoms with Gasteiger partial charge in [-0.25, -0.2) is 0 Å². The molecule has 0 radical (unpaired) electrons. The fraction of sp³-hybridized carbons (Fsp3) is 1.00. The normalized spacial score (nSPS) is 12.4. The highest BCUT2D eigenvalue weighted by atomic mass is 32.2. The zero-order valence-electron chi connectivity index (χ0n) is 11.8. The summed E-state index contributed by atoms with van der Waals surface area (Å²) in [4.78, 5) is 0. The minimum absolute atomic E-state index is 0.879. The molecule has 16 heavy (non-hydrogen) atoms. The second kappa shape index (κ2) is 9.90. The molecule has 0 spiro atoms. The summed E-state index contributed by atoms with van der Waals surface area (Å²) in [7, 11) is -0.882. The number of thioether (sulfide) groups is 2. The second-order valence-electron chi connectivity index (χ2n) is 5.64. The van der Waals surface area contributed by atoms with E-state index in [2.05, 4.69) is 57.0 Å². The molecule has 0 nitrogen and oxygen atoms in total. The fourth-order valence-corrected chi connectivity index (χ4v) is 8.73. The molecule has 0 aromatic rings. The molecule has 0 aliphatic heterocycles. The highest BCUT2D eigenvalue weighted by molar-refractivity contribution is 8.17. The Morgan fingerprint density at radius 3 is 1.62 bits per heavy atom. The van der Waals surface area contributed by atoms with E-state index in [1.165, 1.54) is 43.2 Å². The Bertz CT molecular complexity index is 145. The summed E-state index contributed by atoms with van der Waals surface area (Å²) in [6.07, 6.45) is 5.46. The monoisotopic (exact) mass is 278 g/mol. The SMILES string of the molecule is CCCCSC(C[Si](C)(C)C)SCCCC. The average molecular weight is 279 g/mol. The topological polar surface area (TPSA) is 0 Å². The van der Waals surface area contributed by atoms with Gasteiger partial charge in [0.1, 0.15) is 0 Å². The van der Waals surface area contributed by atoms with Crippen LogP contribution in [0.25, 0.3) is 0 Å². The minimum Gasteiger partial charge on any atom is -0.148 e. The van der Waals surface area contributed by atoms with Crippen LogP contribution in [0.4, 0.5) is 0 Å². The van der Waals surface area contributed by atoms with E-state index in [1.54, 1.807) is 0 Å². The third kappa shape index (κ3) is 11.4. The van der Waals surface area contributed by atoms with Gasteiger partial charge in [0.2, 0.25) is 0 Å². The molecule has 0 aliphatic rings. The van der Waals surface area contributed by atoms with E-state index in [4.69, 9.17) is 0 Å². The lowest BCUT2D eigenvalue weighted by Gasteiger charge is -2.23. The summed E-state index contributed by atoms with van der Waals surface area (Å²) < 4.78 is 0.879. The largest absolute Gasteiger partial charge is 0.148 e. The predicted octanol–water partition coefficient (Wildman–Crippen LogP) is 5.72. The predicted molar refractivity (Wildman–Crippen MR) is 86.7 cm³/mol. The van der Waals surface area contributed by atoms with Crippen LogP contribution < -0.4 is 0 Å². The van der Waals surface area contributed by atoms with Gasteiger partial charge in [-0.2, -0.15) is 0 Å². The molecule has 0 heterocycles. The van der Waals surface area contributed by atoms with Crippen molar-refractivity contribution in [3.8, 4) is 0 Å². The highest BCUT2D eigenvalue weighted by Crippen LogP contribution is 2.32. The van der Waals surface area contributed by atoms with E-state index in [0.29, 0.717) is 0 Å². The van der Waals surface area contributed by atoms with E-state index in [0.717, 1.165) is 4.58 Å². The number of rotatable bonds is 10. The number of hydrogen-bond donors (Lipinski definition) is 0. The van der Waals surface area contributed by atoms with Gasteiger partial charge in [-0.1, -0.05) is 46.3 Å². The Hall–Kier alpha value is 0.917. The molecule has 0 fully saturated rings. The van der Waals surface area contributed by atoms with Crippen molar-refractivity contribution in [1.29, 1.82) is 0 Å². The van der Waals surface area contributed by atoms with Crippen molar-refractivity contribution in [2.45, 2.75) is 69.8 Å². The van der Waals surface area contributed by atoms with Crippen LogP contribution in [-0.4, -0.2) is 24.2 Å². The molecular weight excluding hydrogens is 248 g/mol. The van der Waals surface area contributed by atoms with Crippen molar-refractivity contribution in [3.05, 3.63) is 0 Å². The lowest BCUT2D eigenvalue weighted by atomic mass is 10.4. The Balaban J connectivity index is 3.85. The second-order valence-corrected chi connectivity index (χ2v) is 14.1. The molecule has 0 saturated carbocycles. The van der Waals surface area contributed by atoms with Gasteiger partial charge in [-0.15, -0.1) is 23.5 Å². The van der Waals surface area contributed by atoms with Crippen molar-refractivity contribution < 1.29 is 0 Å². The molecule has 0 N–H and O–H groups in total. The first-order valence-electron chi connectivity index (χ1n) is 6.72. The average Bonchev–Trinajstić information content (AvgIpc) is 2.16. The van der Waals surface area contributed by atoms with Crippen molar-refractivity contribution in [2.75, 3.05) is 11.5 Å². The Morgan fingerprint density at radius 1 is 0.875 bits per heavy atom. The van der Waals surface area contributed by atoms with E-state index in [-0.39, 0.29) is 0 Å². The van der Waals surface area contributed by atoms with E-state index >= 15 is 0 Å². The smallest absolute Gasteiger partial charge is 0.0479 e. The van der Waals surface area contributed by atoms with Crippen molar-refractivity contribution in [2.24, 2.45) is 0 Å². The van der Waals surface area contributed by atoms with Gasteiger partial charge in [-0.05, 0) is 30.4 Å². The van der Waals surface area contributed by atoms with Crippen LogP contribution in [0, 0.1) is 0 Å². The molecule has 0 aliphatic carbocycles. The molecule has 0 atom stereocenters. The lowest BCUT2D eigenvalue weighted by Crippen LogP contribution is -2.24. The van der Waals surface area contributed by atoms with Gasteiger partial charge in [0.25, 0.3) is 0 Å². The maximum absolute atomic E-state index is 2.50. The van der Waals surface area contributed by atoms with Crippen LogP contribution in [0.2, 0.25) is 25.7 Å². The summed E-state index contributed by atoms with van der Waals surface area (Å²) in [5.74, 6) is 2.73. The lowest BCUT2D eigenvalue weighted by molar-refractivity contribution is 0.892. The zero-order valence-corrected chi connectivity index (χ0v) is 14.5. The van der Waals surface area contributed by atoms with Crippen molar-refractivity contribution in [3.63, 3.8) is 0 Å². The summed E-state index contributed by atoms with van der Waals surface area (Å²) in [5, 5.41) is 0. The summed E-state index contributed by atoms with van der Waals surface area (Å²) in [6, 6.07) is 1.48. The van der Waals surface area contributed by atoms with Crippen LogP contribution in [0.15, 0.2) is 0 Å². The van der Waals surface area contributed by atoms with Crippen LogP contribution in [-0.2, 0) is 0 Å². The van der Waals surface area contributed by atoms with Crippen LogP contribution in [0.3, 0.4) is 0 Å². The molecule has 3 heteroatoms. The van der Waals surface area contributed by atoms with Crippen LogP contribution in [0.1, 0.15) is 39.5 Å². The maximum Gasteiger partial charge on any atom is 0.0479 e. The molecule has 0 aromatic carbocycles. The molecular formula is C13H30S2Si. The van der Waals surface area contributed by atoms with Crippen molar-refractivity contribution in [1.82, 2.24) is 0 Å². The van der Waals surface area contributed by atoms with Crippen LogP contribution >= 0.6 is 23.5 Å². The Kier molecular flexibility index (Phi) is 10.5. The van der Waals surface area contributed by atoms with Gasteiger partial charge < -0.3 is 0 Å². The molecule has 98 valence electrons. The maximum atomic E-state index is 2.50.